The van der Waals surface area contributed by atoms with Crippen LogP contribution in [0.5, 0.6) is 0 Å². The van der Waals surface area contributed by atoms with Crippen LogP contribution in [0.1, 0.15) is 39.7 Å². The normalized spacial score (nSPS) is 12.8. The van der Waals surface area contributed by atoms with E-state index >= 15 is 0 Å². The van der Waals surface area contributed by atoms with Crippen molar-refractivity contribution in [1.29, 1.82) is 0 Å². The number of benzene rings is 1. The minimum Gasteiger partial charge on any atom is -0.478 e. The van der Waals surface area contributed by atoms with Crippen LogP contribution < -0.4 is 5.32 Å². The second-order valence-electron chi connectivity index (χ2n) is 5.97. The molecule has 27 heavy (non-hydrogen) atoms. The zero-order valence-electron chi connectivity index (χ0n) is 14.3. The largest absolute Gasteiger partial charge is 0.478 e. The molecule has 0 fully saturated rings. The highest BCUT2D eigenvalue weighted by atomic mass is 32.1. The van der Waals surface area contributed by atoms with E-state index in [4.69, 9.17) is 5.11 Å². The Morgan fingerprint density at radius 2 is 2.00 bits per heavy atom. The topological polar surface area (TPSA) is 136 Å². The van der Waals surface area contributed by atoms with Crippen molar-refractivity contribution in [2.45, 2.75) is 31.2 Å². The molecule has 2 atom stereocenters. The summed E-state index contributed by atoms with van der Waals surface area (Å²) >= 11 is 1.38. The molecule has 0 saturated carbocycles. The SMILES string of the molecule is O=NC(CCC(=O)N[C@@H](Cc1cccc(C(=O)O)c1)B(O)O)c1cccs1. The third-order valence-electron chi connectivity index (χ3n) is 3.98. The van der Waals surface area contributed by atoms with E-state index in [-0.39, 0.29) is 24.8 Å². The summed E-state index contributed by atoms with van der Waals surface area (Å²) in [4.78, 5) is 34.9. The minimum absolute atomic E-state index is 0.00725. The Morgan fingerprint density at radius 3 is 2.59 bits per heavy atom. The van der Waals surface area contributed by atoms with Crippen molar-refractivity contribution in [3.8, 4) is 0 Å². The lowest BCUT2D eigenvalue weighted by Gasteiger charge is -2.18. The number of nitrogens with one attached hydrogen (secondary N) is 1. The summed E-state index contributed by atoms with van der Waals surface area (Å²) in [6.07, 6.45) is 0.246. The van der Waals surface area contributed by atoms with Crippen LogP contribution in [-0.2, 0) is 11.2 Å². The minimum atomic E-state index is -1.82. The molecule has 0 bridgehead atoms. The van der Waals surface area contributed by atoms with Crippen molar-refractivity contribution in [3.05, 3.63) is 62.7 Å². The van der Waals surface area contributed by atoms with E-state index in [1.165, 1.54) is 23.5 Å². The molecule has 0 radical (unpaired) electrons. The number of nitroso groups, excluding NO2 is 1. The van der Waals surface area contributed by atoms with E-state index in [9.17, 15) is 24.5 Å². The van der Waals surface area contributed by atoms with Gasteiger partial charge >= 0.3 is 13.1 Å². The van der Waals surface area contributed by atoms with Gasteiger partial charge in [0.25, 0.3) is 0 Å². The second-order valence-corrected chi connectivity index (χ2v) is 6.95. The van der Waals surface area contributed by atoms with Crippen molar-refractivity contribution >= 4 is 30.3 Å². The molecule has 142 valence electrons. The first-order valence-corrected chi connectivity index (χ1v) is 9.12. The van der Waals surface area contributed by atoms with Gasteiger partial charge in [0.2, 0.25) is 5.91 Å². The van der Waals surface area contributed by atoms with Gasteiger partial charge in [-0.2, -0.15) is 4.91 Å². The quantitative estimate of drug-likeness (QED) is 0.361. The van der Waals surface area contributed by atoms with Crippen LogP contribution in [0.4, 0.5) is 0 Å². The van der Waals surface area contributed by atoms with E-state index in [1.807, 2.05) is 5.38 Å². The van der Waals surface area contributed by atoms with E-state index in [2.05, 4.69) is 10.5 Å². The van der Waals surface area contributed by atoms with Crippen molar-refractivity contribution in [1.82, 2.24) is 5.32 Å². The lowest BCUT2D eigenvalue weighted by molar-refractivity contribution is -0.121. The Labute approximate surface area is 160 Å². The predicted molar refractivity (Wildman–Crippen MR) is 101 cm³/mol. The summed E-state index contributed by atoms with van der Waals surface area (Å²) in [6, 6.07) is 8.95. The molecule has 1 amide bonds. The molecule has 0 aliphatic heterocycles. The first kappa shape index (κ1) is 20.8. The molecule has 0 saturated heterocycles. The van der Waals surface area contributed by atoms with Crippen molar-refractivity contribution in [2.75, 3.05) is 0 Å². The Balaban J connectivity index is 1.95. The maximum atomic E-state index is 12.1. The zero-order chi connectivity index (χ0) is 19.8. The van der Waals surface area contributed by atoms with Gasteiger partial charge in [0.1, 0.15) is 6.04 Å². The molecule has 0 aliphatic carbocycles. The first-order valence-electron chi connectivity index (χ1n) is 8.24. The van der Waals surface area contributed by atoms with Crippen LogP contribution >= 0.6 is 11.3 Å². The van der Waals surface area contributed by atoms with Crippen LogP contribution in [0.3, 0.4) is 0 Å². The maximum absolute atomic E-state index is 12.1. The predicted octanol–water partition coefficient (Wildman–Crippen LogP) is 1.77. The molecule has 4 N–H and O–H groups in total. The lowest BCUT2D eigenvalue weighted by Crippen LogP contribution is -2.47. The van der Waals surface area contributed by atoms with E-state index in [0.717, 1.165) is 4.88 Å². The van der Waals surface area contributed by atoms with Gasteiger partial charge < -0.3 is 20.5 Å². The molecule has 10 heteroatoms. The second kappa shape index (κ2) is 9.95. The molecular weight excluding hydrogens is 371 g/mol. The van der Waals surface area contributed by atoms with Gasteiger partial charge in [0, 0.05) is 11.3 Å². The molecule has 0 aliphatic rings. The van der Waals surface area contributed by atoms with Crippen LogP contribution in [0.15, 0.2) is 47.0 Å². The third-order valence-corrected chi connectivity index (χ3v) is 4.95. The molecule has 2 rings (SSSR count). The number of hydrogen-bond acceptors (Lipinski definition) is 7. The Kier molecular flexibility index (Phi) is 7.65. The fourth-order valence-corrected chi connectivity index (χ4v) is 3.38. The number of thiophene rings is 1. The Hall–Kier alpha value is -2.56. The van der Waals surface area contributed by atoms with Crippen molar-refractivity contribution in [2.24, 2.45) is 5.18 Å². The average Bonchev–Trinajstić information content (AvgIpc) is 3.16. The molecule has 1 heterocycles. The van der Waals surface area contributed by atoms with Gasteiger partial charge in [-0.25, -0.2) is 4.79 Å². The summed E-state index contributed by atoms with van der Waals surface area (Å²) in [5.74, 6) is -2.55. The molecule has 2 aromatic rings. The number of rotatable bonds is 10. The van der Waals surface area contributed by atoms with E-state index in [1.54, 1.807) is 24.3 Å². The highest BCUT2D eigenvalue weighted by molar-refractivity contribution is 7.10. The fraction of sp³-hybridized carbons (Fsp3) is 0.294. The number of carboxylic acid groups (broad SMARTS) is 1. The Morgan fingerprint density at radius 1 is 1.22 bits per heavy atom. The van der Waals surface area contributed by atoms with Gasteiger partial charge in [0.05, 0.1) is 11.5 Å². The molecule has 1 aromatic heterocycles. The Bertz CT molecular complexity index is 783. The van der Waals surface area contributed by atoms with E-state index in [0.29, 0.717) is 5.56 Å². The fourth-order valence-electron chi connectivity index (χ4n) is 2.59. The van der Waals surface area contributed by atoms with Gasteiger partial charge in [-0.1, -0.05) is 23.4 Å². The number of carboxylic acids is 1. The number of aromatic carboxylic acids is 1. The standard InChI is InChI=1S/C17H19BN2O6S/c21-16(7-6-13(20-26)14-5-2-8-27-14)19-15(18(24)25)10-11-3-1-4-12(9-11)17(22)23/h1-5,8-9,13,15,24-25H,6-7,10H2,(H,19,21)(H,22,23)/t13?,15-/m0/s1. The zero-order valence-corrected chi connectivity index (χ0v) is 15.1. The molecule has 1 unspecified atom stereocenters. The summed E-state index contributed by atoms with van der Waals surface area (Å²) < 4.78 is 0. The number of carbonyl (C=O) groups is 2. The van der Waals surface area contributed by atoms with E-state index < -0.39 is 31.0 Å². The molecule has 0 spiro atoms. The monoisotopic (exact) mass is 390 g/mol. The van der Waals surface area contributed by atoms with Crippen molar-refractivity contribution < 1.29 is 24.7 Å². The summed E-state index contributed by atoms with van der Waals surface area (Å²) in [7, 11) is -1.82. The first-order chi connectivity index (χ1) is 12.9. The third kappa shape index (κ3) is 6.28. The summed E-state index contributed by atoms with van der Waals surface area (Å²) in [6.45, 7) is 0. The smallest absolute Gasteiger partial charge is 0.475 e. The summed E-state index contributed by atoms with van der Waals surface area (Å²) in [5, 5.41) is 35.4. The van der Waals surface area contributed by atoms with Crippen LogP contribution in [0, 0.1) is 4.91 Å². The number of amides is 1. The van der Waals surface area contributed by atoms with Crippen molar-refractivity contribution in [3.63, 3.8) is 0 Å². The number of nitrogens with zero attached hydrogens (tertiary/aromatic N) is 1. The van der Waals surface area contributed by atoms with Crippen LogP contribution in [-0.4, -0.2) is 40.1 Å². The van der Waals surface area contributed by atoms with Gasteiger partial charge in [-0.15, -0.1) is 11.3 Å². The number of carbonyl (C=O) groups excluding carboxylic acids is 1. The highest BCUT2D eigenvalue weighted by Crippen LogP contribution is 2.26. The average molecular weight is 390 g/mol. The molecule has 1 aromatic carbocycles. The maximum Gasteiger partial charge on any atom is 0.475 e. The molecular formula is C17H19BN2O6S. The summed E-state index contributed by atoms with van der Waals surface area (Å²) in [5.41, 5.74) is 0.611. The number of hydrogen-bond donors (Lipinski definition) is 4. The van der Waals surface area contributed by atoms with Gasteiger partial charge in [0.15, 0.2) is 0 Å². The van der Waals surface area contributed by atoms with Gasteiger partial charge in [-0.05, 0) is 42.0 Å². The van der Waals surface area contributed by atoms with Crippen LogP contribution in [0.25, 0.3) is 0 Å². The van der Waals surface area contributed by atoms with Crippen LogP contribution in [0.2, 0.25) is 0 Å². The lowest BCUT2D eigenvalue weighted by atomic mass is 9.75. The van der Waals surface area contributed by atoms with Gasteiger partial charge in [-0.3, -0.25) is 4.79 Å². The molecule has 8 nitrogen and oxygen atoms in total. The highest BCUT2D eigenvalue weighted by Gasteiger charge is 2.26.